The largest absolute Gasteiger partial charge is 0.490 e. The predicted octanol–water partition coefficient (Wildman–Crippen LogP) is 4.34. The van der Waals surface area contributed by atoms with Crippen molar-refractivity contribution in [2.24, 2.45) is 0 Å². The molecule has 1 heterocycles. The van der Waals surface area contributed by atoms with E-state index in [2.05, 4.69) is 17.0 Å². The van der Waals surface area contributed by atoms with Gasteiger partial charge < -0.3 is 14.7 Å². The van der Waals surface area contributed by atoms with Gasteiger partial charge in [0.25, 0.3) is 0 Å². The number of aliphatic carboxylic acids is 1. The number of piperidine rings is 1. The maximum absolute atomic E-state index is 13.0. The van der Waals surface area contributed by atoms with E-state index in [9.17, 15) is 27.2 Å². The maximum Gasteiger partial charge on any atom is 0.490 e. The van der Waals surface area contributed by atoms with Crippen LogP contribution in [0.25, 0.3) is 0 Å². The van der Waals surface area contributed by atoms with Gasteiger partial charge in [0.05, 0.1) is 13.2 Å². The van der Waals surface area contributed by atoms with Gasteiger partial charge in [-0.25, -0.2) is 9.18 Å². The zero-order valence-electron chi connectivity index (χ0n) is 21.3. The Morgan fingerprint density at radius 2 is 1.53 bits per heavy atom. The first-order valence-corrected chi connectivity index (χ1v) is 12.0. The highest BCUT2D eigenvalue weighted by molar-refractivity contribution is 5.97. The van der Waals surface area contributed by atoms with Crippen LogP contribution in [0.1, 0.15) is 40.7 Å². The molecule has 0 spiro atoms. The van der Waals surface area contributed by atoms with Gasteiger partial charge in [-0.15, -0.1) is 0 Å². The monoisotopic (exact) mass is 540 g/mol. The first kappa shape index (κ1) is 30.9. The van der Waals surface area contributed by atoms with E-state index in [0.717, 1.165) is 43.5 Å². The van der Waals surface area contributed by atoms with E-state index < -0.39 is 12.1 Å². The number of hydrogen-bond acceptors (Lipinski definition) is 5. The third-order valence-corrected chi connectivity index (χ3v) is 6.24. The average molecular weight is 541 g/mol. The molecule has 1 amide bonds. The van der Waals surface area contributed by atoms with Crippen molar-refractivity contribution in [3.05, 3.63) is 71.0 Å². The van der Waals surface area contributed by atoms with E-state index in [1.54, 1.807) is 7.11 Å². The maximum atomic E-state index is 13.0. The van der Waals surface area contributed by atoms with E-state index in [4.69, 9.17) is 14.6 Å². The average Bonchev–Trinajstić information content (AvgIpc) is 2.88. The van der Waals surface area contributed by atoms with Crippen molar-refractivity contribution < 1.29 is 41.8 Å². The molecule has 0 bridgehead atoms. The summed E-state index contributed by atoms with van der Waals surface area (Å²) in [6.07, 6.45) is -2.17. The third-order valence-electron chi connectivity index (χ3n) is 6.24. The number of carbonyl (C=O) groups is 3. The van der Waals surface area contributed by atoms with E-state index in [1.165, 1.54) is 24.3 Å². The van der Waals surface area contributed by atoms with Crippen LogP contribution in [-0.4, -0.2) is 78.6 Å². The van der Waals surface area contributed by atoms with Crippen molar-refractivity contribution in [2.75, 3.05) is 33.8 Å². The predicted molar refractivity (Wildman–Crippen MR) is 132 cm³/mol. The fraction of sp³-hybridized carbons (Fsp3) is 0.444. The minimum absolute atomic E-state index is 0.000557. The van der Waals surface area contributed by atoms with E-state index in [1.807, 2.05) is 24.1 Å². The highest BCUT2D eigenvalue weighted by atomic mass is 19.4. The second-order valence-electron chi connectivity index (χ2n) is 8.99. The Morgan fingerprint density at radius 3 is 2.03 bits per heavy atom. The summed E-state index contributed by atoms with van der Waals surface area (Å²) in [5.74, 6) is -2.94. The van der Waals surface area contributed by atoms with Crippen LogP contribution in [-0.2, 0) is 27.4 Å². The number of amides is 1. The number of benzene rings is 2. The molecule has 0 aliphatic carbocycles. The summed E-state index contributed by atoms with van der Waals surface area (Å²) < 4.78 is 49.9. The first-order chi connectivity index (χ1) is 17.9. The number of carboxylic acids is 1. The van der Waals surface area contributed by atoms with Crippen LogP contribution in [0, 0.1) is 5.82 Å². The van der Waals surface area contributed by atoms with Crippen molar-refractivity contribution >= 4 is 17.7 Å². The summed E-state index contributed by atoms with van der Waals surface area (Å²) in [4.78, 5) is 37.9. The Hall–Kier alpha value is -3.31. The number of Topliss-reactive ketones (excluding diaryl/α,β-unsaturated/α-hetero) is 1. The van der Waals surface area contributed by atoms with Gasteiger partial charge in [0.1, 0.15) is 5.82 Å². The summed E-state index contributed by atoms with van der Waals surface area (Å²) in [6.45, 7) is 2.47. The zero-order chi connectivity index (χ0) is 28.3. The number of halogens is 4. The normalized spacial score (nSPS) is 14.4. The number of methoxy groups -OCH3 is 1. The van der Waals surface area contributed by atoms with E-state index >= 15 is 0 Å². The molecule has 2 aromatic carbocycles. The summed E-state index contributed by atoms with van der Waals surface area (Å²) in [7, 11) is 3.56. The molecule has 1 aliphatic rings. The standard InChI is InChI=1S/C25H31FN2O3.C2HF3O2/c1-27(25(30)12-7-19-3-5-20(6-4-19)18-31-2)23-13-15-28(16-14-23)17-24(29)21-8-10-22(26)11-9-21;3-2(4,5)1(6)7/h3-6,8-11,23H,7,12-18H2,1-2H3;(H,6,7). The lowest BCUT2D eigenvalue weighted by Gasteiger charge is -2.36. The Bertz CT molecular complexity index is 1050. The summed E-state index contributed by atoms with van der Waals surface area (Å²) >= 11 is 0. The lowest BCUT2D eigenvalue weighted by molar-refractivity contribution is -0.192. The molecular formula is C27H32F4N2O5. The molecule has 0 aromatic heterocycles. The lowest BCUT2D eigenvalue weighted by Crippen LogP contribution is -2.46. The van der Waals surface area contributed by atoms with Gasteiger partial charge in [-0.1, -0.05) is 24.3 Å². The van der Waals surface area contributed by atoms with Gasteiger partial charge in [-0.3, -0.25) is 14.5 Å². The van der Waals surface area contributed by atoms with Crippen LogP contribution in [0.3, 0.4) is 0 Å². The van der Waals surface area contributed by atoms with Gasteiger partial charge in [0, 0.05) is 45.3 Å². The molecule has 1 N–H and O–H groups in total. The number of rotatable bonds is 9. The molecule has 0 saturated carbocycles. The molecule has 1 saturated heterocycles. The second-order valence-corrected chi connectivity index (χ2v) is 8.99. The molecule has 1 fully saturated rings. The van der Waals surface area contributed by atoms with Crippen LogP contribution in [0.15, 0.2) is 48.5 Å². The zero-order valence-corrected chi connectivity index (χ0v) is 21.3. The molecule has 7 nitrogen and oxygen atoms in total. The number of nitrogens with zero attached hydrogens (tertiary/aromatic N) is 2. The molecule has 2 aromatic rings. The number of hydrogen-bond donors (Lipinski definition) is 1. The summed E-state index contributed by atoms with van der Waals surface area (Å²) in [6, 6.07) is 14.1. The van der Waals surface area contributed by atoms with Crippen molar-refractivity contribution in [2.45, 2.75) is 44.5 Å². The fourth-order valence-corrected chi connectivity index (χ4v) is 3.99. The van der Waals surface area contributed by atoms with Gasteiger partial charge in [0.15, 0.2) is 5.78 Å². The van der Waals surface area contributed by atoms with Crippen LogP contribution in [0.2, 0.25) is 0 Å². The topological polar surface area (TPSA) is 87.2 Å². The molecule has 0 unspecified atom stereocenters. The van der Waals surface area contributed by atoms with Gasteiger partial charge in [-0.05, 0) is 54.7 Å². The number of ketones is 1. The summed E-state index contributed by atoms with van der Waals surface area (Å²) in [5.41, 5.74) is 2.81. The minimum atomic E-state index is -5.08. The smallest absolute Gasteiger partial charge is 0.475 e. The number of aryl methyl sites for hydroxylation is 1. The third kappa shape index (κ3) is 10.2. The van der Waals surface area contributed by atoms with Gasteiger partial charge in [-0.2, -0.15) is 13.2 Å². The van der Waals surface area contributed by atoms with E-state index in [0.29, 0.717) is 25.1 Å². The Labute approximate surface area is 219 Å². The SMILES string of the molecule is COCc1ccc(CCC(=O)N(C)C2CCN(CC(=O)c3ccc(F)cc3)CC2)cc1.O=C(O)C(F)(F)F. The van der Waals surface area contributed by atoms with Crippen LogP contribution >= 0.6 is 0 Å². The Morgan fingerprint density at radius 1 is 1.00 bits per heavy atom. The lowest BCUT2D eigenvalue weighted by atomic mass is 10.0. The molecule has 208 valence electrons. The number of alkyl halides is 3. The first-order valence-electron chi connectivity index (χ1n) is 12.0. The Kier molecular flexibility index (Phi) is 11.9. The van der Waals surface area contributed by atoms with Crippen LogP contribution in [0.4, 0.5) is 17.6 Å². The molecule has 0 radical (unpaired) electrons. The number of ether oxygens (including phenoxy) is 1. The molecule has 0 atom stereocenters. The van der Waals surface area contributed by atoms with Crippen LogP contribution in [0.5, 0.6) is 0 Å². The number of likely N-dealkylation sites (tertiary alicyclic amines) is 1. The van der Waals surface area contributed by atoms with Crippen molar-refractivity contribution in [1.29, 1.82) is 0 Å². The molecule has 38 heavy (non-hydrogen) atoms. The molecule has 3 rings (SSSR count). The van der Waals surface area contributed by atoms with Crippen molar-refractivity contribution in [3.63, 3.8) is 0 Å². The number of carboxylic acid groups (broad SMARTS) is 1. The van der Waals surface area contributed by atoms with E-state index in [-0.39, 0.29) is 23.5 Å². The fourth-order valence-electron chi connectivity index (χ4n) is 3.99. The van der Waals surface area contributed by atoms with Gasteiger partial charge in [0.2, 0.25) is 5.91 Å². The molecule has 1 aliphatic heterocycles. The molecular weight excluding hydrogens is 508 g/mol. The Balaban J connectivity index is 0.000000638. The minimum Gasteiger partial charge on any atom is -0.475 e. The van der Waals surface area contributed by atoms with Crippen LogP contribution < -0.4 is 0 Å². The molecule has 11 heteroatoms. The second kappa shape index (κ2) is 14.6. The number of carbonyl (C=O) groups excluding carboxylic acids is 2. The highest BCUT2D eigenvalue weighted by Crippen LogP contribution is 2.18. The highest BCUT2D eigenvalue weighted by Gasteiger charge is 2.38. The van der Waals surface area contributed by atoms with Crippen molar-refractivity contribution in [1.82, 2.24) is 9.80 Å². The summed E-state index contributed by atoms with van der Waals surface area (Å²) in [5, 5.41) is 7.12. The van der Waals surface area contributed by atoms with Gasteiger partial charge >= 0.3 is 12.1 Å². The van der Waals surface area contributed by atoms with Crippen molar-refractivity contribution in [3.8, 4) is 0 Å². The quantitative estimate of drug-likeness (QED) is 0.376.